The predicted molar refractivity (Wildman–Crippen MR) is 65.7 cm³/mol. The summed E-state index contributed by atoms with van der Waals surface area (Å²) in [6, 6.07) is 0. The highest BCUT2D eigenvalue weighted by molar-refractivity contribution is 7.11. The summed E-state index contributed by atoms with van der Waals surface area (Å²) >= 11 is 1.81. The third-order valence-corrected chi connectivity index (χ3v) is 3.93. The number of aryl methyl sites for hydroxylation is 2. The van der Waals surface area contributed by atoms with Crippen LogP contribution >= 0.6 is 11.3 Å². The molecular formula is C12H16N2OS. The lowest BCUT2D eigenvalue weighted by atomic mass is 10.0. The Kier molecular flexibility index (Phi) is 3.72. The highest BCUT2D eigenvalue weighted by atomic mass is 32.1. The Bertz CT molecular complexity index is 374. The van der Waals surface area contributed by atoms with E-state index in [1.807, 2.05) is 0 Å². The second kappa shape index (κ2) is 5.25. The molecule has 0 aliphatic heterocycles. The average molecular weight is 236 g/mol. The fourth-order valence-electron chi connectivity index (χ4n) is 1.88. The SMILES string of the molecule is C=CC(=O)NCCc1nc2c(s1)CCCC2. The number of thiazole rings is 1. The van der Waals surface area contributed by atoms with Crippen LogP contribution in [-0.4, -0.2) is 17.4 Å². The van der Waals surface area contributed by atoms with Crippen molar-refractivity contribution in [2.24, 2.45) is 0 Å². The molecule has 4 heteroatoms. The molecule has 0 saturated heterocycles. The smallest absolute Gasteiger partial charge is 0.243 e. The van der Waals surface area contributed by atoms with Crippen LogP contribution in [0.25, 0.3) is 0 Å². The molecule has 0 fully saturated rings. The van der Waals surface area contributed by atoms with Gasteiger partial charge in [0.15, 0.2) is 0 Å². The maximum atomic E-state index is 11.0. The molecule has 1 aliphatic rings. The van der Waals surface area contributed by atoms with E-state index in [2.05, 4.69) is 16.9 Å². The molecule has 1 amide bonds. The van der Waals surface area contributed by atoms with Crippen LogP contribution in [0.1, 0.15) is 28.4 Å². The van der Waals surface area contributed by atoms with Gasteiger partial charge in [-0.1, -0.05) is 6.58 Å². The molecule has 1 N–H and O–H groups in total. The fourth-order valence-corrected chi connectivity index (χ4v) is 3.03. The molecule has 0 atom stereocenters. The average Bonchev–Trinajstić information content (AvgIpc) is 2.71. The van der Waals surface area contributed by atoms with E-state index >= 15 is 0 Å². The van der Waals surface area contributed by atoms with Crippen molar-refractivity contribution < 1.29 is 4.79 Å². The lowest BCUT2D eigenvalue weighted by molar-refractivity contribution is -0.116. The van der Waals surface area contributed by atoms with Crippen molar-refractivity contribution in [3.8, 4) is 0 Å². The molecule has 1 aromatic heterocycles. The van der Waals surface area contributed by atoms with Gasteiger partial charge < -0.3 is 5.32 Å². The second-order valence-electron chi connectivity index (χ2n) is 3.93. The molecule has 0 unspecified atom stereocenters. The van der Waals surface area contributed by atoms with Crippen LogP contribution in [0.15, 0.2) is 12.7 Å². The summed E-state index contributed by atoms with van der Waals surface area (Å²) in [5.74, 6) is -0.110. The van der Waals surface area contributed by atoms with Gasteiger partial charge in [0.25, 0.3) is 0 Å². The van der Waals surface area contributed by atoms with E-state index in [1.165, 1.54) is 35.9 Å². The van der Waals surface area contributed by atoms with Crippen molar-refractivity contribution in [3.05, 3.63) is 28.2 Å². The molecule has 0 radical (unpaired) electrons. The first-order chi connectivity index (χ1) is 7.79. The molecule has 0 bridgehead atoms. The van der Waals surface area contributed by atoms with Crippen LogP contribution < -0.4 is 5.32 Å². The Morgan fingerprint density at radius 2 is 2.31 bits per heavy atom. The van der Waals surface area contributed by atoms with E-state index < -0.39 is 0 Å². The minimum absolute atomic E-state index is 0.110. The van der Waals surface area contributed by atoms with Gasteiger partial charge >= 0.3 is 0 Å². The molecule has 0 spiro atoms. The van der Waals surface area contributed by atoms with Crippen LogP contribution in [0.5, 0.6) is 0 Å². The van der Waals surface area contributed by atoms with Crippen molar-refractivity contribution in [2.75, 3.05) is 6.54 Å². The van der Waals surface area contributed by atoms with Crippen molar-refractivity contribution in [1.29, 1.82) is 0 Å². The molecule has 1 heterocycles. The van der Waals surface area contributed by atoms with Crippen LogP contribution in [0, 0.1) is 0 Å². The molecule has 0 saturated carbocycles. The largest absolute Gasteiger partial charge is 0.352 e. The molecule has 0 aromatic carbocycles. The molecule has 2 rings (SSSR count). The number of nitrogens with zero attached hydrogens (tertiary/aromatic N) is 1. The number of rotatable bonds is 4. The third kappa shape index (κ3) is 2.70. The van der Waals surface area contributed by atoms with Crippen molar-refractivity contribution in [2.45, 2.75) is 32.1 Å². The minimum atomic E-state index is -0.110. The highest BCUT2D eigenvalue weighted by Gasteiger charge is 2.14. The second-order valence-corrected chi connectivity index (χ2v) is 5.10. The zero-order valence-electron chi connectivity index (χ0n) is 9.29. The maximum absolute atomic E-state index is 11.0. The summed E-state index contributed by atoms with van der Waals surface area (Å²) in [6.07, 6.45) is 7.01. The van der Waals surface area contributed by atoms with Gasteiger partial charge in [-0.2, -0.15) is 0 Å². The normalized spacial score (nSPS) is 14.2. The quantitative estimate of drug-likeness (QED) is 0.811. The Morgan fingerprint density at radius 1 is 1.50 bits per heavy atom. The Balaban J connectivity index is 1.87. The molecule has 3 nitrogen and oxygen atoms in total. The van der Waals surface area contributed by atoms with Gasteiger partial charge in [-0.3, -0.25) is 4.79 Å². The zero-order chi connectivity index (χ0) is 11.4. The Morgan fingerprint density at radius 3 is 3.06 bits per heavy atom. The monoisotopic (exact) mass is 236 g/mol. The lowest BCUT2D eigenvalue weighted by Crippen LogP contribution is -2.23. The first-order valence-corrected chi connectivity index (χ1v) is 6.49. The van der Waals surface area contributed by atoms with Gasteiger partial charge in [0.05, 0.1) is 10.7 Å². The number of fused-ring (bicyclic) bond motifs is 1. The topological polar surface area (TPSA) is 42.0 Å². The minimum Gasteiger partial charge on any atom is -0.352 e. The molecule has 86 valence electrons. The predicted octanol–water partition coefficient (Wildman–Crippen LogP) is 1.87. The Labute approximate surface area is 99.6 Å². The molecule has 16 heavy (non-hydrogen) atoms. The van der Waals surface area contributed by atoms with Gasteiger partial charge in [0.1, 0.15) is 0 Å². The summed E-state index contributed by atoms with van der Waals surface area (Å²) in [5, 5.41) is 3.92. The van der Waals surface area contributed by atoms with Crippen molar-refractivity contribution in [1.82, 2.24) is 10.3 Å². The number of hydrogen-bond acceptors (Lipinski definition) is 3. The van der Waals surface area contributed by atoms with Gasteiger partial charge in [0.2, 0.25) is 5.91 Å². The molecule has 1 aromatic rings. The van der Waals surface area contributed by atoms with Gasteiger partial charge in [0, 0.05) is 17.8 Å². The first kappa shape index (κ1) is 11.3. The van der Waals surface area contributed by atoms with Crippen LogP contribution in [0.2, 0.25) is 0 Å². The van der Waals surface area contributed by atoms with Gasteiger partial charge in [-0.25, -0.2) is 4.98 Å². The molecule has 1 aliphatic carbocycles. The number of amides is 1. The van der Waals surface area contributed by atoms with Crippen molar-refractivity contribution >= 4 is 17.2 Å². The van der Waals surface area contributed by atoms with E-state index in [1.54, 1.807) is 11.3 Å². The number of nitrogens with one attached hydrogen (secondary N) is 1. The molecular weight excluding hydrogens is 220 g/mol. The first-order valence-electron chi connectivity index (χ1n) is 5.67. The van der Waals surface area contributed by atoms with Crippen LogP contribution in [0.3, 0.4) is 0 Å². The standard InChI is InChI=1S/C12H16N2OS/c1-2-11(15)13-8-7-12-14-9-5-3-4-6-10(9)16-12/h2H,1,3-8H2,(H,13,15). The zero-order valence-corrected chi connectivity index (χ0v) is 10.1. The number of aromatic nitrogens is 1. The summed E-state index contributed by atoms with van der Waals surface area (Å²) in [5.41, 5.74) is 1.29. The summed E-state index contributed by atoms with van der Waals surface area (Å²) in [4.78, 5) is 17.0. The summed E-state index contributed by atoms with van der Waals surface area (Å²) in [7, 11) is 0. The van der Waals surface area contributed by atoms with E-state index in [4.69, 9.17) is 0 Å². The number of carbonyl (C=O) groups excluding carboxylic acids is 1. The van der Waals surface area contributed by atoms with Crippen LogP contribution in [-0.2, 0) is 24.1 Å². The van der Waals surface area contributed by atoms with Crippen molar-refractivity contribution in [3.63, 3.8) is 0 Å². The Hall–Kier alpha value is -1.16. The van der Waals surface area contributed by atoms with E-state index in [-0.39, 0.29) is 5.91 Å². The lowest BCUT2D eigenvalue weighted by Gasteiger charge is -2.06. The summed E-state index contributed by atoms with van der Waals surface area (Å²) in [6.45, 7) is 4.06. The van der Waals surface area contributed by atoms with E-state index in [0.717, 1.165) is 17.8 Å². The summed E-state index contributed by atoms with van der Waals surface area (Å²) < 4.78 is 0. The number of carbonyl (C=O) groups is 1. The maximum Gasteiger partial charge on any atom is 0.243 e. The van der Waals surface area contributed by atoms with Gasteiger partial charge in [-0.05, 0) is 31.8 Å². The van der Waals surface area contributed by atoms with E-state index in [0.29, 0.717) is 6.54 Å². The highest BCUT2D eigenvalue weighted by Crippen LogP contribution is 2.26. The van der Waals surface area contributed by atoms with Crippen LogP contribution in [0.4, 0.5) is 0 Å². The number of hydrogen-bond donors (Lipinski definition) is 1. The van der Waals surface area contributed by atoms with E-state index in [9.17, 15) is 4.79 Å². The third-order valence-electron chi connectivity index (χ3n) is 2.71. The fraction of sp³-hybridized carbons (Fsp3) is 0.500. The van der Waals surface area contributed by atoms with Gasteiger partial charge in [-0.15, -0.1) is 11.3 Å².